The van der Waals surface area contributed by atoms with Gasteiger partial charge in [0, 0.05) is 77.0 Å². The van der Waals surface area contributed by atoms with Crippen LogP contribution in [-0.2, 0) is 4.79 Å². The van der Waals surface area contributed by atoms with Crippen LogP contribution in [-0.4, -0.2) is 83.7 Å². The lowest BCUT2D eigenvalue weighted by atomic mass is 10.1. The van der Waals surface area contributed by atoms with Gasteiger partial charge in [-0.3, -0.25) is 9.69 Å². The zero-order valence-corrected chi connectivity index (χ0v) is 16.3. The minimum absolute atomic E-state index is 0.00572. The van der Waals surface area contributed by atoms with Crippen LogP contribution in [0.25, 0.3) is 6.08 Å². The summed E-state index contributed by atoms with van der Waals surface area (Å²) < 4.78 is 0. The molecule has 0 saturated carbocycles. The monoisotopic (exact) mass is 361 g/mol. The number of piperazine rings is 1. The van der Waals surface area contributed by atoms with Crippen molar-refractivity contribution in [2.24, 2.45) is 5.92 Å². The number of amides is 1. The van der Waals surface area contributed by atoms with Crippen LogP contribution in [0.1, 0.15) is 25.8 Å². The van der Waals surface area contributed by atoms with Gasteiger partial charge in [0.25, 0.3) is 0 Å². The molecule has 1 aliphatic rings. The minimum atomic E-state index is -0.00572. The number of rotatable bonds is 7. The van der Waals surface area contributed by atoms with Crippen LogP contribution in [0, 0.1) is 5.92 Å². The molecule has 7 heteroatoms. The lowest BCUT2D eigenvalue weighted by molar-refractivity contribution is -0.129. The molecule has 0 aliphatic carbocycles. The Bertz CT molecular complexity index is 600. The van der Waals surface area contributed by atoms with E-state index in [0.29, 0.717) is 31.4 Å². The summed E-state index contributed by atoms with van der Waals surface area (Å²) in [4.78, 5) is 27.1. The third-order valence-corrected chi connectivity index (χ3v) is 4.45. The molecule has 2 heterocycles. The van der Waals surface area contributed by atoms with E-state index in [1.54, 1.807) is 24.5 Å². The van der Waals surface area contributed by atoms with Crippen molar-refractivity contribution in [1.82, 2.24) is 19.8 Å². The normalized spacial score (nSPS) is 18.7. The second-order valence-electron chi connectivity index (χ2n) is 7.38. The van der Waals surface area contributed by atoms with Crippen LogP contribution in [0.5, 0.6) is 0 Å². The van der Waals surface area contributed by atoms with Crippen LogP contribution in [0.4, 0.5) is 5.95 Å². The topological polar surface area (TPSA) is 72.8 Å². The number of aromatic nitrogens is 2. The second-order valence-corrected chi connectivity index (χ2v) is 7.38. The van der Waals surface area contributed by atoms with Gasteiger partial charge in [-0.25, -0.2) is 9.97 Å². The molecule has 1 fully saturated rings. The molecule has 1 aliphatic heterocycles. The fraction of sp³-hybridized carbons (Fsp3) is 0.632. The summed E-state index contributed by atoms with van der Waals surface area (Å²) in [6.45, 7) is 7.76. The summed E-state index contributed by atoms with van der Waals surface area (Å²) in [5, 5.41) is 9.35. The van der Waals surface area contributed by atoms with E-state index in [1.165, 1.54) is 0 Å². The molecule has 1 saturated heterocycles. The summed E-state index contributed by atoms with van der Waals surface area (Å²) in [5.74, 6) is 1.21. The Hall–Kier alpha value is -1.99. The smallest absolute Gasteiger partial charge is 0.246 e. The molecule has 0 radical (unpaired) electrons. The summed E-state index contributed by atoms with van der Waals surface area (Å²) >= 11 is 0. The molecule has 26 heavy (non-hydrogen) atoms. The van der Waals surface area contributed by atoms with Gasteiger partial charge in [0.15, 0.2) is 0 Å². The highest BCUT2D eigenvalue weighted by atomic mass is 16.3. The summed E-state index contributed by atoms with van der Waals surface area (Å²) in [5.41, 5.74) is 0.800. The minimum Gasteiger partial charge on any atom is -0.396 e. The first-order valence-electron chi connectivity index (χ1n) is 9.22. The predicted molar refractivity (Wildman–Crippen MR) is 104 cm³/mol. The first-order valence-corrected chi connectivity index (χ1v) is 9.22. The van der Waals surface area contributed by atoms with E-state index in [0.717, 1.165) is 18.7 Å². The Morgan fingerprint density at radius 2 is 2.04 bits per heavy atom. The Balaban J connectivity index is 1.96. The number of anilines is 1. The fourth-order valence-corrected chi connectivity index (χ4v) is 3.15. The van der Waals surface area contributed by atoms with E-state index in [-0.39, 0.29) is 18.6 Å². The Kier molecular flexibility index (Phi) is 7.53. The highest BCUT2D eigenvalue weighted by molar-refractivity contribution is 5.91. The lowest BCUT2D eigenvalue weighted by Crippen LogP contribution is -2.55. The van der Waals surface area contributed by atoms with Crippen molar-refractivity contribution in [1.29, 1.82) is 0 Å². The molecule has 1 aromatic heterocycles. The third-order valence-electron chi connectivity index (χ3n) is 4.45. The van der Waals surface area contributed by atoms with Gasteiger partial charge in [-0.1, -0.05) is 13.8 Å². The van der Waals surface area contributed by atoms with E-state index in [2.05, 4.69) is 28.7 Å². The van der Waals surface area contributed by atoms with Gasteiger partial charge in [0.05, 0.1) is 0 Å². The first-order chi connectivity index (χ1) is 12.4. The number of aliphatic hydroxyl groups excluding tert-OH is 1. The van der Waals surface area contributed by atoms with Crippen LogP contribution in [0.15, 0.2) is 18.5 Å². The van der Waals surface area contributed by atoms with Crippen molar-refractivity contribution in [2.75, 3.05) is 51.8 Å². The van der Waals surface area contributed by atoms with Crippen LogP contribution in [0.3, 0.4) is 0 Å². The lowest BCUT2D eigenvalue weighted by Gasteiger charge is -2.41. The van der Waals surface area contributed by atoms with E-state index in [9.17, 15) is 9.90 Å². The van der Waals surface area contributed by atoms with E-state index >= 15 is 0 Å². The van der Waals surface area contributed by atoms with Gasteiger partial charge in [-0.2, -0.15) is 0 Å². The number of carbonyl (C=O) groups excluding carboxylic acids is 1. The van der Waals surface area contributed by atoms with Crippen molar-refractivity contribution in [2.45, 2.75) is 26.3 Å². The van der Waals surface area contributed by atoms with Gasteiger partial charge < -0.3 is 14.9 Å². The average molecular weight is 361 g/mol. The van der Waals surface area contributed by atoms with Crippen molar-refractivity contribution < 1.29 is 9.90 Å². The number of nitrogens with zero attached hydrogens (tertiary/aromatic N) is 5. The summed E-state index contributed by atoms with van der Waals surface area (Å²) in [7, 11) is 3.77. The molecule has 144 valence electrons. The van der Waals surface area contributed by atoms with Gasteiger partial charge >= 0.3 is 0 Å². The van der Waals surface area contributed by atoms with Crippen molar-refractivity contribution >= 4 is 17.9 Å². The number of carbonyl (C=O) groups is 1. The summed E-state index contributed by atoms with van der Waals surface area (Å²) in [6.07, 6.45) is 7.45. The second kappa shape index (κ2) is 9.64. The maximum absolute atomic E-state index is 12.5. The van der Waals surface area contributed by atoms with E-state index in [4.69, 9.17) is 0 Å². The quantitative estimate of drug-likeness (QED) is 0.734. The van der Waals surface area contributed by atoms with Gasteiger partial charge in [0.2, 0.25) is 11.9 Å². The third kappa shape index (κ3) is 5.78. The van der Waals surface area contributed by atoms with Crippen LogP contribution < -0.4 is 4.90 Å². The Morgan fingerprint density at radius 3 is 2.62 bits per heavy atom. The SMILES string of the molecule is CC(C)CN1CCN(C(=O)C=Cc2cnc(N(C)C)nc2)CC1CCO. The molecule has 1 aromatic rings. The summed E-state index contributed by atoms with van der Waals surface area (Å²) in [6, 6.07) is 0.219. The van der Waals surface area contributed by atoms with Gasteiger partial charge in [0.1, 0.15) is 0 Å². The molecule has 1 amide bonds. The van der Waals surface area contributed by atoms with E-state index in [1.807, 2.05) is 23.9 Å². The Labute approximate surface area is 156 Å². The molecule has 7 nitrogen and oxygen atoms in total. The predicted octanol–water partition coefficient (Wildman–Crippen LogP) is 1.11. The fourth-order valence-electron chi connectivity index (χ4n) is 3.15. The highest BCUT2D eigenvalue weighted by Crippen LogP contribution is 2.15. The molecule has 1 N–H and O–H groups in total. The number of hydrogen-bond acceptors (Lipinski definition) is 6. The van der Waals surface area contributed by atoms with Crippen molar-refractivity contribution in [3.8, 4) is 0 Å². The Morgan fingerprint density at radius 1 is 1.35 bits per heavy atom. The molecular formula is C19H31N5O2. The molecular weight excluding hydrogens is 330 g/mol. The highest BCUT2D eigenvalue weighted by Gasteiger charge is 2.28. The first kappa shape index (κ1) is 20.3. The van der Waals surface area contributed by atoms with Crippen molar-refractivity contribution in [3.63, 3.8) is 0 Å². The van der Waals surface area contributed by atoms with Crippen molar-refractivity contribution in [3.05, 3.63) is 24.0 Å². The molecule has 0 spiro atoms. The molecule has 1 unspecified atom stereocenters. The maximum atomic E-state index is 12.5. The average Bonchev–Trinajstić information content (AvgIpc) is 2.61. The number of aliphatic hydroxyl groups is 1. The molecule has 0 bridgehead atoms. The molecule has 0 aromatic carbocycles. The maximum Gasteiger partial charge on any atom is 0.246 e. The van der Waals surface area contributed by atoms with E-state index < -0.39 is 0 Å². The van der Waals surface area contributed by atoms with Crippen LogP contribution >= 0.6 is 0 Å². The van der Waals surface area contributed by atoms with Gasteiger partial charge in [-0.05, 0) is 18.4 Å². The van der Waals surface area contributed by atoms with Crippen LogP contribution in [0.2, 0.25) is 0 Å². The zero-order chi connectivity index (χ0) is 19.1. The largest absolute Gasteiger partial charge is 0.396 e. The molecule has 1 atom stereocenters. The zero-order valence-electron chi connectivity index (χ0n) is 16.3. The number of hydrogen-bond donors (Lipinski definition) is 1. The standard InChI is InChI=1S/C19H31N5O2/c1-15(2)13-23-8-9-24(14-17(23)7-10-25)18(26)6-5-16-11-20-19(21-12-16)22(3)4/h5-6,11-12,15,17,25H,7-10,13-14H2,1-4H3. The molecule has 2 rings (SSSR count). The van der Waals surface area contributed by atoms with Gasteiger partial charge in [-0.15, -0.1) is 0 Å².